The molecule has 1 aliphatic rings. The van der Waals surface area contributed by atoms with Crippen molar-refractivity contribution in [3.8, 4) is 11.4 Å². The Labute approximate surface area is 204 Å². The van der Waals surface area contributed by atoms with E-state index in [1.54, 1.807) is 23.0 Å². The molecule has 0 spiro atoms. The van der Waals surface area contributed by atoms with Gasteiger partial charge in [-0.05, 0) is 37.0 Å². The SMILES string of the molecule is CCCn1c(N2CCC[C@H]2CO)nc2nc(-c3cnn(Cc4cccc(C(F)(F)F)c4)c3)[nH]c2c1=O. The van der Waals surface area contributed by atoms with E-state index in [0.717, 1.165) is 31.4 Å². The molecular formula is C24H26F3N7O2. The molecule has 0 bridgehead atoms. The number of hydrogen-bond donors (Lipinski definition) is 2. The maximum Gasteiger partial charge on any atom is 0.416 e. The average molecular weight is 502 g/mol. The molecule has 0 radical (unpaired) electrons. The highest BCUT2D eigenvalue weighted by molar-refractivity contribution is 5.76. The fourth-order valence-corrected chi connectivity index (χ4v) is 4.65. The first-order chi connectivity index (χ1) is 17.3. The lowest BCUT2D eigenvalue weighted by molar-refractivity contribution is -0.137. The number of aromatic nitrogens is 6. The lowest BCUT2D eigenvalue weighted by atomic mass is 10.1. The maximum atomic E-state index is 13.3. The number of anilines is 1. The number of rotatable bonds is 7. The van der Waals surface area contributed by atoms with Gasteiger partial charge >= 0.3 is 6.18 Å². The van der Waals surface area contributed by atoms with Crippen LogP contribution >= 0.6 is 0 Å². The first-order valence-electron chi connectivity index (χ1n) is 11.9. The van der Waals surface area contributed by atoms with Crippen LogP contribution in [-0.2, 0) is 19.3 Å². The molecule has 5 rings (SSSR count). The second kappa shape index (κ2) is 9.41. The van der Waals surface area contributed by atoms with Crippen molar-refractivity contribution in [1.82, 2.24) is 29.3 Å². The largest absolute Gasteiger partial charge is 0.416 e. The molecule has 4 heterocycles. The van der Waals surface area contributed by atoms with Gasteiger partial charge in [0.15, 0.2) is 11.2 Å². The summed E-state index contributed by atoms with van der Waals surface area (Å²) in [6.45, 7) is 3.29. The Balaban J connectivity index is 1.48. The van der Waals surface area contributed by atoms with Gasteiger partial charge in [-0.2, -0.15) is 23.3 Å². The quantitative estimate of drug-likeness (QED) is 0.402. The highest BCUT2D eigenvalue weighted by Crippen LogP contribution is 2.30. The van der Waals surface area contributed by atoms with Gasteiger partial charge in [-0.3, -0.25) is 14.0 Å². The molecule has 0 saturated carbocycles. The van der Waals surface area contributed by atoms with E-state index in [4.69, 9.17) is 0 Å². The number of alkyl halides is 3. The van der Waals surface area contributed by atoms with Gasteiger partial charge in [0.05, 0.1) is 36.5 Å². The van der Waals surface area contributed by atoms with Gasteiger partial charge < -0.3 is 15.0 Å². The summed E-state index contributed by atoms with van der Waals surface area (Å²) in [7, 11) is 0. The van der Waals surface area contributed by atoms with Crippen LogP contribution in [-0.4, -0.2) is 53.6 Å². The summed E-state index contributed by atoms with van der Waals surface area (Å²) in [6, 6.07) is 5.02. The molecule has 190 valence electrons. The highest BCUT2D eigenvalue weighted by Gasteiger charge is 2.31. The molecule has 4 aromatic rings. The van der Waals surface area contributed by atoms with Crippen molar-refractivity contribution < 1.29 is 18.3 Å². The minimum atomic E-state index is -4.41. The third-order valence-electron chi connectivity index (χ3n) is 6.39. The number of H-pyrrole nitrogens is 1. The summed E-state index contributed by atoms with van der Waals surface area (Å²) < 4.78 is 42.2. The van der Waals surface area contributed by atoms with Crippen LogP contribution in [0, 0.1) is 0 Å². The van der Waals surface area contributed by atoms with E-state index < -0.39 is 11.7 Å². The van der Waals surface area contributed by atoms with Crippen LogP contribution in [0.4, 0.5) is 19.1 Å². The van der Waals surface area contributed by atoms with E-state index in [-0.39, 0.29) is 35.9 Å². The summed E-state index contributed by atoms with van der Waals surface area (Å²) in [5.74, 6) is 0.898. The van der Waals surface area contributed by atoms with Crippen LogP contribution in [0.1, 0.15) is 37.3 Å². The molecular weight excluding hydrogens is 475 g/mol. The molecule has 0 unspecified atom stereocenters. The van der Waals surface area contributed by atoms with Crippen LogP contribution in [0.2, 0.25) is 0 Å². The van der Waals surface area contributed by atoms with Crippen molar-refractivity contribution in [3.05, 3.63) is 58.1 Å². The highest BCUT2D eigenvalue weighted by atomic mass is 19.4. The molecule has 1 aromatic carbocycles. The molecule has 0 aliphatic carbocycles. The van der Waals surface area contributed by atoms with E-state index in [1.807, 2.05) is 11.8 Å². The molecule has 36 heavy (non-hydrogen) atoms. The zero-order valence-corrected chi connectivity index (χ0v) is 19.7. The molecule has 0 amide bonds. The van der Waals surface area contributed by atoms with Crippen LogP contribution in [0.25, 0.3) is 22.6 Å². The van der Waals surface area contributed by atoms with Crippen LogP contribution in [0.5, 0.6) is 0 Å². The number of aliphatic hydroxyl groups excluding tert-OH is 1. The Bertz CT molecular complexity index is 1440. The van der Waals surface area contributed by atoms with Gasteiger partial charge in [0.25, 0.3) is 5.56 Å². The summed E-state index contributed by atoms with van der Waals surface area (Å²) in [6.07, 6.45) is 1.25. The Kier molecular flexibility index (Phi) is 6.29. The Morgan fingerprint density at radius 1 is 1.25 bits per heavy atom. The van der Waals surface area contributed by atoms with E-state index in [2.05, 4.69) is 20.1 Å². The number of imidazole rings is 1. The number of benzene rings is 1. The van der Waals surface area contributed by atoms with Crippen molar-refractivity contribution in [2.24, 2.45) is 0 Å². The summed E-state index contributed by atoms with van der Waals surface area (Å²) in [5.41, 5.74) is 0.630. The van der Waals surface area contributed by atoms with Crippen LogP contribution in [0.15, 0.2) is 41.5 Å². The predicted molar refractivity (Wildman–Crippen MR) is 128 cm³/mol. The Morgan fingerprint density at radius 3 is 2.83 bits per heavy atom. The van der Waals surface area contributed by atoms with Crippen molar-refractivity contribution in [2.75, 3.05) is 18.1 Å². The number of halogens is 3. The van der Waals surface area contributed by atoms with Crippen molar-refractivity contribution in [1.29, 1.82) is 0 Å². The average Bonchev–Trinajstić information content (AvgIpc) is 3.59. The molecule has 1 aliphatic heterocycles. The molecule has 1 saturated heterocycles. The Morgan fingerprint density at radius 2 is 2.08 bits per heavy atom. The van der Waals surface area contributed by atoms with Crippen molar-refractivity contribution in [3.63, 3.8) is 0 Å². The number of fused-ring (bicyclic) bond motifs is 1. The van der Waals surface area contributed by atoms with Gasteiger partial charge in [-0.25, -0.2) is 4.98 Å². The zero-order valence-electron chi connectivity index (χ0n) is 19.7. The van der Waals surface area contributed by atoms with Gasteiger partial charge in [0, 0.05) is 19.3 Å². The summed E-state index contributed by atoms with van der Waals surface area (Å²) in [4.78, 5) is 27.6. The van der Waals surface area contributed by atoms with Gasteiger partial charge in [-0.15, -0.1) is 0 Å². The minimum Gasteiger partial charge on any atom is -0.394 e. The molecule has 12 heteroatoms. The number of aromatic amines is 1. The molecule has 2 N–H and O–H groups in total. The van der Waals surface area contributed by atoms with E-state index in [0.29, 0.717) is 36.0 Å². The van der Waals surface area contributed by atoms with Crippen LogP contribution < -0.4 is 10.5 Å². The van der Waals surface area contributed by atoms with E-state index >= 15 is 0 Å². The van der Waals surface area contributed by atoms with Gasteiger partial charge in [0.2, 0.25) is 5.95 Å². The van der Waals surface area contributed by atoms with Gasteiger partial charge in [0.1, 0.15) is 5.82 Å². The summed E-state index contributed by atoms with van der Waals surface area (Å²) in [5, 5.41) is 14.0. The van der Waals surface area contributed by atoms with E-state index in [9.17, 15) is 23.1 Å². The number of nitrogens with one attached hydrogen (secondary N) is 1. The molecule has 9 nitrogen and oxygen atoms in total. The smallest absolute Gasteiger partial charge is 0.394 e. The number of nitrogens with zero attached hydrogens (tertiary/aromatic N) is 6. The second-order valence-corrected chi connectivity index (χ2v) is 8.95. The zero-order chi connectivity index (χ0) is 25.4. The monoisotopic (exact) mass is 501 g/mol. The Hall–Kier alpha value is -3.67. The second-order valence-electron chi connectivity index (χ2n) is 8.95. The van der Waals surface area contributed by atoms with Crippen molar-refractivity contribution >= 4 is 17.1 Å². The minimum absolute atomic E-state index is 0.0170. The molecule has 3 aromatic heterocycles. The summed E-state index contributed by atoms with van der Waals surface area (Å²) >= 11 is 0. The topological polar surface area (TPSA) is 105 Å². The third kappa shape index (κ3) is 4.48. The van der Waals surface area contributed by atoms with E-state index in [1.165, 1.54) is 10.7 Å². The predicted octanol–water partition coefficient (Wildman–Crippen LogP) is 3.42. The lowest BCUT2D eigenvalue weighted by Crippen LogP contribution is -2.38. The normalized spacial score (nSPS) is 16.4. The molecule has 1 atom stereocenters. The molecule has 1 fully saturated rings. The van der Waals surface area contributed by atoms with Gasteiger partial charge in [-0.1, -0.05) is 19.1 Å². The third-order valence-corrected chi connectivity index (χ3v) is 6.39. The van der Waals surface area contributed by atoms with Crippen LogP contribution in [0.3, 0.4) is 0 Å². The fraction of sp³-hybridized carbons (Fsp3) is 0.417. The number of aliphatic hydroxyl groups is 1. The maximum absolute atomic E-state index is 13.3. The standard InChI is InChI=1S/C24H26F3N7O2/c1-2-8-34-22(36)19-21(31-23(34)33-9-4-7-18(33)14-35)30-20(29-19)16-11-28-32(13-16)12-15-5-3-6-17(10-15)24(25,26)27/h3,5-6,10-11,13,18,35H,2,4,7-9,12,14H2,1H3,(H,29,30)/t18-/m0/s1. The number of hydrogen-bond acceptors (Lipinski definition) is 6. The first kappa shape index (κ1) is 24.0. The lowest BCUT2D eigenvalue weighted by Gasteiger charge is -2.26. The fourth-order valence-electron chi connectivity index (χ4n) is 4.65. The van der Waals surface area contributed by atoms with Crippen molar-refractivity contribution in [2.45, 2.75) is 51.5 Å². The first-order valence-corrected chi connectivity index (χ1v) is 11.9.